The van der Waals surface area contributed by atoms with E-state index in [0.29, 0.717) is 23.4 Å². The maximum atomic E-state index is 12.4. The number of amides is 1. The highest BCUT2D eigenvalue weighted by Crippen LogP contribution is 2.17. The van der Waals surface area contributed by atoms with Gasteiger partial charge in [0.15, 0.2) is 0 Å². The largest absolute Gasteiger partial charge is 0.322 e. The molecule has 2 aromatic rings. The minimum atomic E-state index is -3.93. The van der Waals surface area contributed by atoms with Crippen LogP contribution in [0.1, 0.15) is 25.5 Å². The molecule has 2 rings (SSSR count). The first kappa shape index (κ1) is 19.4. The third-order valence-corrected chi connectivity index (χ3v) is 4.75. The molecular weight excluding hydrogens is 356 g/mol. The van der Waals surface area contributed by atoms with Crippen LogP contribution < -0.4 is 15.6 Å². The van der Waals surface area contributed by atoms with Crippen LogP contribution in [-0.2, 0) is 14.8 Å². The van der Waals surface area contributed by atoms with Gasteiger partial charge in [-0.05, 0) is 37.6 Å². The lowest BCUT2D eigenvalue weighted by Crippen LogP contribution is -2.19. The quantitative estimate of drug-likeness (QED) is 0.640. The first-order chi connectivity index (χ1) is 12.2. The van der Waals surface area contributed by atoms with E-state index < -0.39 is 15.6 Å². The minimum absolute atomic E-state index is 0.0351. The van der Waals surface area contributed by atoms with Crippen molar-refractivity contribution in [2.24, 2.45) is 0 Å². The molecule has 9 heteroatoms. The Bertz CT molecular complexity index is 979. The molecule has 0 radical (unpaired) electrons. The molecule has 0 spiro atoms. The van der Waals surface area contributed by atoms with Crippen molar-refractivity contribution >= 4 is 27.6 Å². The molecule has 1 aromatic heterocycles. The Hall–Kier alpha value is -2.94. The second kappa shape index (κ2) is 7.96. The van der Waals surface area contributed by atoms with Crippen molar-refractivity contribution in [3.8, 4) is 0 Å². The molecule has 0 bridgehead atoms. The molecular formula is C17H20N4O4S. The lowest BCUT2D eigenvalue weighted by atomic mass is 10.1. The average molecular weight is 376 g/mol. The number of aromatic nitrogens is 2. The van der Waals surface area contributed by atoms with E-state index in [9.17, 15) is 18.0 Å². The summed E-state index contributed by atoms with van der Waals surface area (Å²) in [5, 5.41) is 2.66. The number of rotatable bonds is 7. The minimum Gasteiger partial charge on any atom is -0.322 e. The average Bonchev–Trinajstić information content (AvgIpc) is 2.54. The number of sulfonamides is 1. The predicted octanol–water partition coefficient (Wildman–Crippen LogP) is 2.17. The van der Waals surface area contributed by atoms with Crippen molar-refractivity contribution in [2.45, 2.75) is 31.6 Å². The zero-order valence-electron chi connectivity index (χ0n) is 14.5. The molecule has 1 aromatic carbocycles. The summed E-state index contributed by atoms with van der Waals surface area (Å²) in [6, 6.07) is 6.88. The van der Waals surface area contributed by atoms with Crippen molar-refractivity contribution in [3.63, 3.8) is 0 Å². The fraction of sp³-hybridized carbons (Fsp3) is 0.235. The number of aromatic amines is 1. The van der Waals surface area contributed by atoms with Gasteiger partial charge in [-0.25, -0.2) is 18.1 Å². The van der Waals surface area contributed by atoms with Crippen molar-refractivity contribution in [3.05, 3.63) is 58.5 Å². The van der Waals surface area contributed by atoms with E-state index in [2.05, 4.69) is 26.6 Å². The van der Waals surface area contributed by atoms with Gasteiger partial charge in [0.1, 0.15) is 0 Å². The Morgan fingerprint density at radius 1 is 1.27 bits per heavy atom. The molecule has 0 aliphatic carbocycles. The van der Waals surface area contributed by atoms with Crippen molar-refractivity contribution in [2.75, 3.05) is 10.0 Å². The Labute approximate surface area is 151 Å². The highest BCUT2D eigenvalue weighted by molar-refractivity contribution is 7.92. The van der Waals surface area contributed by atoms with Crippen LogP contribution in [0, 0.1) is 6.92 Å². The number of benzene rings is 1. The molecule has 0 saturated carbocycles. The molecule has 0 saturated heterocycles. The summed E-state index contributed by atoms with van der Waals surface area (Å²) in [5.41, 5.74) is 0.839. The van der Waals surface area contributed by atoms with Crippen LogP contribution >= 0.6 is 0 Å². The SMILES string of the molecule is C=C(CCC)C(=O)Nc1ccc(S(=O)(=O)Nc2nc(C)cc(=O)[nH]2)cc1. The Morgan fingerprint density at radius 2 is 1.92 bits per heavy atom. The molecule has 3 N–H and O–H groups in total. The fourth-order valence-corrected chi connectivity index (χ4v) is 3.13. The maximum Gasteiger partial charge on any atom is 0.264 e. The lowest BCUT2D eigenvalue weighted by Gasteiger charge is -2.09. The number of aryl methyl sites for hydroxylation is 1. The van der Waals surface area contributed by atoms with Gasteiger partial charge >= 0.3 is 0 Å². The molecule has 1 heterocycles. The van der Waals surface area contributed by atoms with Crippen LogP contribution in [0.4, 0.5) is 11.6 Å². The smallest absolute Gasteiger partial charge is 0.264 e. The van der Waals surface area contributed by atoms with Gasteiger partial charge in [-0.15, -0.1) is 0 Å². The van der Waals surface area contributed by atoms with Gasteiger partial charge in [-0.2, -0.15) is 0 Å². The third kappa shape index (κ3) is 5.03. The molecule has 0 fully saturated rings. The Kier molecular flexibility index (Phi) is 5.93. The number of H-pyrrole nitrogens is 1. The van der Waals surface area contributed by atoms with Gasteiger partial charge in [0, 0.05) is 23.0 Å². The number of nitrogens with zero attached hydrogens (tertiary/aromatic N) is 1. The van der Waals surface area contributed by atoms with Gasteiger partial charge in [0.2, 0.25) is 5.95 Å². The van der Waals surface area contributed by atoms with Gasteiger partial charge in [-0.1, -0.05) is 19.9 Å². The van der Waals surface area contributed by atoms with E-state index in [1.54, 1.807) is 6.92 Å². The lowest BCUT2D eigenvalue weighted by molar-refractivity contribution is -0.113. The van der Waals surface area contributed by atoms with E-state index in [4.69, 9.17) is 0 Å². The Balaban J connectivity index is 2.14. The van der Waals surface area contributed by atoms with Gasteiger partial charge in [-0.3, -0.25) is 14.6 Å². The van der Waals surface area contributed by atoms with Crippen molar-refractivity contribution in [1.82, 2.24) is 9.97 Å². The second-order valence-electron chi connectivity index (χ2n) is 5.67. The number of hydrogen-bond donors (Lipinski definition) is 3. The molecule has 26 heavy (non-hydrogen) atoms. The predicted molar refractivity (Wildman–Crippen MR) is 99.5 cm³/mol. The summed E-state index contributed by atoms with van der Waals surface area (Å²) in [6.45, 7) is 7.23. The number of carbonyl (C=O) groups excluding carboxylic acids is 1. The zero-order chi connectivity index (χ0) is 19.3. The Morgan fingerprint density at radius 3 is 2.50 bits per heavy atom. The topological polar surface area (TPSA) is 121 Å². The van der Waals surface area contributed by atoms with Crippen LogP contribution in [-0.4, -0.2) is 24.3 Å². The van der Waals surface area contributed by atoms with Crippen LogP contribution in [0.5, 0.6) is 0 Å². The number of anilines is 2. The van der Waals surface area contributed by atoms with Crippen LogP contribution in [0.2, 0.25) is 0 Å². The van der Waals surface area contributed by atoms with E-state index in [1.165, 1.54) is 30.3 Å². The molecule has 138 valence electrons. The normalized spacial score (nSPS) is 11.0. The summed E-state index contributed by atoms with van der Waals surface area (Å²) in [7, 11) is -3.93. The number of nitrogens with one attached hydrogen (secondary N) is 3. The third-order valence-electron chi connectivity index (χ3n) is 3.40. The van der Waals surface area contributed by atoms with E-state index in [-0.39, 0.29) is 16.8 Å². The first-order valence-corrected chi connectivity index (χ1v) is 9.39. The van der Waals surface area contributed by atoms with Crippen molar-refractivity contribution in [1.29, 1.82) is 0 Å². The summed E-state index contributed by atoms with van der Waals surface area (Å²) in [6.07, 6.45) is 1.40. The number of carbonyl (C=O) groups is 1. The molecule has 0 atom stereocenters. The van der Waals surface area contributed by atoms with Crippen LogP contribution in [0.3, 0.4) is 0 Å². The molecule has 0 unspecified atom stereocenters. The van der Waals surface area contributed by atoms with Crippen LogP contribution in [0.25, 0.3) is 0 Å². The maximum absolute atomic E-state index is 12.4. The van der Waals surface area contributed by atoms with Crippen molar-refractivity contribution < 1.29 is 13.2 Å². The van der Waals surface area contributed by atoms with Gasteiger partial charge in [0.05, 0.1) is 4.90 Å². The highest BCUT2D eigenvalue weighted by Gasteiger charge is 2.16. The summed E-state index contributed by atoms with van der Waals surface area (Å²) in [5.74, 6) is -0.467. The standard InChI is InChI=1S/C17H20N4O4S/c1-4-5-11(2)16(23)19-13-6-8-14(9-7-13)26(24,25)21-17-18-12(3)10-15(22)20-17/h6-10H,2,4-5H2,1,3H3,(H,19,23)(H2,18,20,21,22). The monoisotopic (exact) mass is 376 g/mol. The van der Waals surface area contributed by atoms with Gasteiger partial charge < -0.3 is 5.32 Å². The van der Waals surface area contributed by atoms with E-state index in [1.807, 2.05) is 6.92 Å². The molecule has 0 aliphatic heterocycles. The highest BCUT2D eigenvalue weighted by atomic mass is 32.2. The van der Waals surface area contributed by atoms with E-state index in [0.717, 1.165) is 6.42 Å². The van der Waals surface area contributed by atoms with Crippen LogP contribution in [0.15, 0.2) is 52.2 Å². The molecule has 8 nitrogen and oxygen atoms in total. The van der Waals surface area contributed by atoms with Gasteiger partial charge in [0.25, 0.3) is 21.5 Å². The van der Waals surface area contributed by atoms with E-state index >= 15 is 0 Å². The molecule has 0 aliphatic rings. The number of hydrogen-bond acceptors (Lipinski definition) is 5. The summed E-state index contributed by atoms with van der Waals surface area (Å²) in [4.78, 5) is 29.5. The molecule has 1 amide bonds. The summed E-state index contributed by atoms with van der Waals surface area (Å²) < 4.78 is 27.0. The zero-order valence-corrected chi connectivity index (χ0v) is 15.3. The fourth-order valence-electron chi connectivity index (χ4n) is 2.17. The second-order valence-corrected chi connectivity index (χ2v) is 7.36. The first-order valence-electron chi connectivity index (χ1n) is 7.91. The summed E-state index contributed by atoms with van der Waals surface area (Å²) >= 11 is 0.